The Bertz CT molecular complexity index is 685. The summed E-state index contributed by atoms with van der Waals surface area (Å²) in [4.78, 5) is 13.4. The van der Waals surface area contributed by atoms with Crippen LogP contribution in [0.3, 0.4) is 0 Å². The molecular weight excluding hydrogens is 334 g/mol. The molecule has 0 bridgehead atoms. The maximum atomic E-state index is 12.4. The van der Waals surface area contributed by atoms with E-state index in [0.717, 1.165) is 27.7 Å². The molecule has 0 spiro atoms. The van der Waals surface area contributed by atoms with Crippen molar-refractivity contribution in [3.8, 4) is 0 Å². The molecule has 2 aromatic rings. The lowest BCUT2D eigenvalue weighted by Crippen LogP contribution is -2.26. The molecule has 0 aliphatic carbocycles. The lowest BCUT2D eigenvalue weighted by atomic mass is 10.1. The number of hydrogen-bond acceptors (Lipinski definition) is 3. The van der Waals surface area contributed by atoms with E-state index in [4.69, 9.17) is 0 Å². The van der Waals surface area contributed by atoms with Crippen LogP contribution < -0.4 is 5.32 Å². The number of rotatable bonds is 9. The van der Waals surface area contributed by atoms with Crippen LogP contribution in [0.1, 0.15) is 21.5 Å². The molecule has 1 N–H and O–H groups in total. The number of amides is 1. The topological polar surface area (TPSA) is 29.1 Å². The van der Waals surface area contributed by atoms with Crippen LogP contribution in [0.5, 0.6) is 0 Å². The third-order valence-electron chi connectivity index (χ3n) is 3.54. The van der Waals surface area contributed by atoms with Gasteiger partial charge in [-0.05, 0) is 30.2 Å². The zero-order valence-electron chi connectivity index (χ0n) is 14.0. The number of aryl methyl sites for hydroxylation is 1. The number of thioether (sulfide) groups is 2. The monoisotopic (exact) mass is 357 g/mol. The van der Waals surface area contributed by atoms with Crippen molar-refractivity contribution < 1.29 is 4.79 Å². The number of carbonyl (C=O) groups is 1. The minimum Gasteiger partial charge on any atom is -0.351 e. The van der Waals surface area contributed by atoms with E-state index < -0.39 is 0 Å². The van der Waals surface area contributed by atoms with Gasteiger partial charge in [0.1, 0.15) is 0 Å². The van der Waals surface area contributed by atoms with Crippen LogP contribution >= 0.6 is 23.5 Å². The zero-order valence-corrected chi connectivity index (χ0v) is 15.6. The van der Waals surface area contributed by atoms with E-state index in [9.17, 15) is 4.79 Å². The van der Waals surface area contributed by atoms with Crippen LogP contribution in [0.4, 0.5) is 0 Å². The molecule has 0 aromatic heterocycles. The van der Waals surface area contributed by atoms with E-state index in [0.29, 0.717) is 6.54 Å². The van der Waals surface area contributed by atoms with Crippen LogP contribution in [0.15, 0.2) is 66.1 Å². The Morgan fingerprint density at radius 1 is 1.17 bits per heavy atom. The third-order valence-corrected chi connectivity index (χ3v) is 5.62. The molecule has 24 heavy (non-hydrogen) atoms. The summed E-state index contributed by atoms with van der Waals surface area (Å²) < 4.78 is 0. The molecule has 0 unspecified atom stereocenters. The summed E-state index contributed by atoms with van der Waals surface area (Å²) in [7, 11) is 0. The lowest BCUT2D eigenvalue weighted by molar-refractivity contribution is 0.0953. The molecular formula is C20H23NOS2. The Balaban J connectivity index is 1.77. The van der Waals surface area contributed by atoms with Crippen LogP contribution in [-0.2, 0) is 5.75 Å². The summed E-state index contributed by atoms with van der Waals surface area (Å²) in [6.07, 6.45) is 1.85. The maximum Gasteiger partial charge on any atom is 0.252 e. The van der Waals surface area contributed by atoms with E-state index in [2.05, 4.69) is 43.1 Å². The van der Waals surface area contributed by atoms with Gasteiger partial charge in [-0.25, -0.2) is 0 Å². The van der Waals surface area contributed by atoms with Gasteiger partial charge in [0.25, 0.3) is 5.91 Å². The van der Waals surface area contributed by atoms with Crippen molar-refractivity contribution in [2.45, 2.75) is 17.6 Å². The molecule has 0 saturated heterocycles. The van der Waals surface area contributed by atoms with Gasteiger partial charge in [-0.15, -0.1) is 18.3 Å². The number of hydrogen-bond donors (Lipinski definition) is 1. The second-order valence-corrected chi connectivity index (χ2v) is 7.50. The summed E-state index contributed by atoms with van der Waals surface area (Å²) in [5, 5.41) is 3.02. The van der Waals surface area contributed by atoms with Crippen molar-refractivity contribution >= 4 is 29.4 Å². The molecule has 126 valence electrons. The second-order valence-electron chi connectivity index (χ2n) is 5.33. The van der Waals surface area contributed by atoms with Gasteiger partial charge in [0, 0.05) is 28.7 Å². The SMILES string of the molecule is C=CCSc1ccccc1C(=O)NCCSCc1ccccc1C. The van der Waals surface area contributed by atoms with Gasteiger partial charge < -0.3 is 5.32 Å². The van der Waals surface area contributed by atoms with Crippen molar-refractivity contribution in [3.63, 3.8) is 0 Å². The first kappa shape index (κ1) is 18.7. The van der Waals surface area contributed by atoms with Crippen LogP contribution in [0.2, 0.25) is 0 Å². The summed E-state index contributed by atoms with van der Waals surface area (Å²) in [5.41, 5.74) is 3.43. The van der Waals surface area contributed by atoms with Crippen molar-refractivity contribution in [2.24, 2.45) is 0 Å². The Labute approximate surface area is 153 Å². The van der Waals surface area contributed by atoms with Crippen LogP contribution in [0.25, 0.3) is 0 Å². The van der Waals surface area contributed by atoms with Gasteiger partial charge in [0.05, 0.1) is 5.56 Å². The van der Waals surface area contributed by atoms with Gasteiger partial charge in [-0.1, -0.05) is 42.5 Å². The van der Waals surface area contributed by atoms with Crippen molar-refractivity contribution in [2.75, 3.05) is 18.1 Å². The maximum absolute atomic E-state index is 12.4. The molecule has 2 aromatic carbocycles. The Morgan fingerprint density at radius 3 is 2.71 bits per heavy atom. The first-order chi connectivity index (χ1) is 11.7. The molecule has 0 aliphatic heterocycles. The van der Waals surface area contributed by atoms with Crippen LogP contribution in [0, 0.1) is 6.92 Å². The van der Waals surface area contributed by atoms with Gasteiger partial charge in [-0.2, -0.15) is 11.8 Å². The van der Waals surface area contributed by atoms with E-state index in [-0.39, 0.29) is 5.91 Å². The predicted octanol–water partition coefficient (Wildman–Crippen LogP) is 4.94. The number of benzene rings is 2. The van der Waals surface area contributed by atoms with Crippen molar-refractivity contribution in [3.05, 3.63) is 77.9 Å². The van der Waals surface area contributed by atoms with Crippen molar-refractivity contribution in [1.29, 1.82) is 0 Å². The van der Waals surface area contributed by atoms with Gasteiger partial charge in [0.2, 0.25) is 0 Å². The average molecular weight is 358 g/mol. The molecule has 0 fully saturated rings. The highest BCUT2D eigenvalue weighted by Crippen LogP contribution is 2.22. The smallest absolute Gasteiger partial charge is 0.252 e. The molecule has 0 saturated carbocycles. The molecule has 0 heterocycles. The van der Waals surface area contributed by atoms with Crippen molar-refractivity contribution in [1.82, 2.24) is 5.32 Å². The predicted molar refractivity (Wildman–Crippen MR) is 107 cm³/mol. The standard InChI is InChI=1S/C20H23NOS2/c1-3-13-24-19-11-7-6-10-18(19)20(22)21-12-14-23-15-17-9-5-4-8-16(17)2/h3-11H,1,12-15H2,2H3,(H,21,22). The molecule has 0 aliphatic rings. The van der Waals surface area contributed by atoms with Gasteiger partial charge in [-0.3, -0.25) is 4.79 Å². The molecule has 2 rings (SSSR count). The van der Waals surface area contributed by atoms with E-state index in [1.807, 2.05) is 42.1 Å². The van der Waals surface area contributed by atoms with Gasteiger partial charge in [0.15, 0.2) is 0 Å². The third kappa shape index (κ3) is 5.77. The lowest BCUT2D eigenvalue weighted by Gasteiger charge is -2.09. The molecule has 4 heteroatoms. The fraction of sp³-hybridized carbons (Fsp3) is 0.250. The molecule has 0 radical (unpaired) electrons. The summed E-state index contributed by atoms with van der Waals surface area (Å²) in [6, 6.07) is 16.1. The minimum absolute atomic E-state index is 0.00125. The zero-order chi connectivity index (χ0) is 17.2. The molecule has 2 nitrogen and oxygen atoms in total. The largest absolute Gasteiger partial charge is 0.351 e. The van der Waals surface area contributed by atoms with E-state index >= 15 is 0 Å². The first-order valence-electron chi connectivity index (χ1n) is 7.95. The quantitative estimate of drug-likeness (QED) is 0.392. The fourth-order valence-corrected chi connectivity index (χ4v) is 3.94. The van der Waals surface area contributed by atoms with E-state index in [1.54, 1.807) is 11.8 Å². The Hall–Kier alpha value is -1.65. The molecule has 1 amide bonds. The normalized spacial score (nSPS) is 10.4. The number of carbonyl (C=O) groups excluding carboxylic acids is 1. The highest BCUT2D eigenvalue weighted by atomic mass is 32.2. The summed E-state index contributed by atoms with van der Waals surface area (Å²) in [5.74, 6) is 2.69. The second kappa shape index (κ2) is 10.3. The first-order valence-corrected chi connectivity index (χ1v) is 10.1. The minimum atomic E-state index is -0.00125. The fourth-order valence-electron chi connectivity index (χ4n) is 2.21. The highest BCUT2D eigenvalue weighted by Gasteiger charge is 2.10. The Kier molecular flexibility index (Phi) is 7.99. The van der Waals surface area contributed by atoms with E-state index in [1.165, 1.54) is 11.1 Å². The summed E-state index contributed by atoms with van der Waals surface area (Å²) in [6.45, 7) is 6.54. The molecule has 0 atom stereocenters. The average Bonchev–Trinajstić information content (AvgIpc) is 2.61. The Morgan fingerprint density at radius 2 is 1.92 bits per heavy atom. The van der Waals surface area contributed by atoms with Gasteiger partial charge >= 0.3 is 0 Å². The highest BCUT2D eigenvalue weighted by molar-refractivity contribution is 7.99. The van der Waals surface area contributed by atoms with Crippen LogP contribution in [-0.4, -0.2) is 24.0 Å². The summed E-state index contributed by atoms with van der Waals surface area (Å²) >= 11 is 3.48. The number of nitrogens with one attached hydrogen (secondary N) is 1.